The van der Waals surface area contributed by atoms with Crippen LogP contribution in [0.15, 0.2) is 32.6 Å². The number of esters is 1. The number of benzene rings is 1. The second-order valence-corrected chi connectivity index (χ2v) is 6.45. The molecule has 0 aliphatic carbocycles. The first-order valence-electron chi connectivity index (χ1n) is 10.6. The van der Waals surface area contributed by atoms with E-state index in [1.165, 1.54) is 18.2 Å². The van der Waals surface area contributed by atoms with Gasteiger partial charge in [0.2, 0.25) is 11.6 Å². The largest absolute Gasteiger partial charge is 0.435 e. The van der Waals surface area contributed by atoms with Gasteiger partial charge in [-0.25, -0.2) is 14.7 Å². The molecule has 0 fully saturated rings. The van der Waals surface area contributed by atoms with Crippen LogP contribution in [-0.2, 0) is 9.53 Å². The van der Waals surface area contributed by atoms with E-state index in [-0.39, 0.29) is 26.8 Å². The number of aromatic nitrogens is 2. The quantitative estimate of drug-likeness (QED) is 0.233. The van der Waals surface area contributed by atoms with E-state index in [1.807, 2.05) is 5.10 Å². The molecule has 1 aromatic carbocycles. The number of hydrogen-bond donors (Lipinski definition) is 3. The van der Waals surface area contributed by atoms with Gasteiger partial charge in [-0.05, 0) is 34.0 Å². The number of ether oxygens (including phenoxy) is 2. The number of H-pyrrole nitrogens is 1. The molecule has 1 aromatic heterocycles. The van der Waals surface area contributed by atoms with E-state index in [0.717, 1.165) is 6.07 Å². The van der Waals surface area contributed by atoms with Gasteiger partial charge >= 0.3 is 12.1 Å². The van der Waals surface area contributed by atoms with E-state index >= 15 is 0 Å². The molecule has 1 heterocycles. The molecular weight excluding hydrogens is 484 g/mol. The van der Waals surface area contributed by atoms with Crippen molar-refractivity contribution < 1.29 is 27.3 Å². The highest BCUT2D eigenvalue weighted by Gasteiger charge is 2.17. The molecule has 0 aliphatic rings. The van der Waals surface area contributed by atoms with Crippen molar-refractivity contribution in [2.75, 3.05) is 5.43 Å². The van der Waals surface area contributed by atoms with Gasteiger partial charge in [-0.15, -0.1) is 5.10 Å². The highest BCUT2D eigenvalue weighted by Crippen LogP contribution is 2.38. The van der Waals surface area contributed by atoms with Crippen molar-refractivity contribution in [1.29, 1.82) is 5.26 Å². The summed E-state index contributed by atoms with van der Waals surface area (Å²) in [5, 5.41) is 18.0. The SMILES string of the molecule is [2H]C([2H])([2H])C(c1cc(Oc2c(Cl)cc(NN=C(C#N)C(=O)OC(N)=O)cc2Br)n[nH]c1=O)C([2H])([2H])[2H]. The lowest BCUT2D eigenvalue weighted by molar-refractivity contribution is -0.129. The summed E-state index contributed by atoms with van der Waals surface area (Å²) < 4.78 is 55.0. The molecule has 0 bridgehead atoms. The first kappa shape index (κ1) is 15.4. The maximum atomic E-state index is 12.2. The summed E-state index contributed by atoms with van der Waals surface area (Å²) in [7, 11) is 0. The molecule has 30 heavy (non-hydrogen) atoms. The van der Waals surface area contributed by atoms with Gasteiger partial charge < -0.3 is 15.2 Å². The first-order chi connectivity index (χ1) is 16.5. The predicted molar refractivity (Wildman–Crippen MR) is 111 cm³/mol. The Morgan fingerprint density at radius 3 is 2.80 bits per heavy atom. The number of carbonyl (C=O) groups is 2. The third kappa shape index (κ3) is 5.79. The van der Waals surface area contributed by atoms with Gasteiger partial charge in [0.25, 0.3) is 5.56 Å². The first-order valence-corrected chi connectivity index (χ1v) is 8.73. The number of carbonyl (C=O) groups excluding carboxylic acids is 2. The molecule has 11 nitrogen and oxygen atoms in total. The molecule has 2 rings (SSSR count). The number of nitrogens with zero attached hydrogens (tertiary/aromatic N) is 3. The van der Waals surface area contributed by atoms with E-state index in [9.17, 15) is 14.4 Å². The van der Waals surface area contributed by atoms with Crippen molar-refractivity contribution >= 4 is 51.0 Å². The van der Waals surface area contributed by atoms with Crippen LogP contribution in [0, 0.1) is 11.3 Å². The van der Waals surface area contributed by atoms with Gasteiger partial charge in [0, 0.05) is 19.9 Å². The highest BCUT2D eigenvalue weighted by atomic mass is 79.9. The minimum atomic E-state index is -3.03. The van der Waals surface area contributed by atoms with E-state index < -0.39 is 48.5 Å². The van der Waals surface area contributed by atoms with Gasteiger partial charge in [0.1, 0.15) is 6.07 Å². The maximum absolute atomic E-state index is 12.2. The topological polar surface area (TPSA) is 173 Å². The number of hydrogen-bond acceptors (Lipinski definition) is 9. The monoisotopic (exact) mass is 502 g/mol. The van der Waals surface area contributed by atoms with E-state index in [0.29, 0.717) is 0 Å². The van der Waals surface area contributed by atoms with Crippen molar-refractivity contribution in [2.45, 2.75) is 19.6 Å². The van der Waals surface area contributed by atoms with Crippen LogP contribution in [-0.4, -0.2) is 28.0 Å². The molecule has 4 N–H and O–H groups in total. The summed E-state index contributed by atoms with van der Waals surface area (Å²) >= 11 is 9.37. The zero-order valence-electron chi connectivity index (χ0n) is 20.5. The van der Waals surface area contributed by atoms with E-state index in [2.05, 4.69) is 36.3 Å². The normalized spacial score (nSPS) is 14.8. The molecule has 0 saturated heterocycles. The molecule has 0 aliphatic heterocycles. The molecule has 156 valence electrons. The molecule has 0 atom stereocenters. The summed E-state index contributed by atoms with van der Waals surface area (Å²) in [6.45, 7) is -6.07. The Bertz CT molecular complexity index is 1290. The summed E-state index contributed by atoms with van der Waals surface area (Å²) in [6, 6.07) is 4.86. The minimum Gasteiger partial charge on any atom is -0.435 e. The molecule has 13 heteroatoms. The summed E-state index contributed by atoms with van der Waals surface area (Å²) in [5.41, 5.74) is 4.73. The molecule has 0 unspecified atom stereocenters. The zero-order valence-corrected chi connectivity index (χ0v) is 16.9. The van der Waals surface area contributed by atoms with Crippen LogP contribution >= 0.6 is 27.5 Å². The van der Waals surface area contributed by atoms with Gasteiger partial charge in [0.15, 0.2) is 5.75 Å². The smallest absolute Gasteiger partial charge is 0.412 e. The third-order valence-corrected chi connectivity index (χ3v) is 3.98. The fraction of sp³-hybridized carbons (Fsp3) is 0.176. The number of halogens is 2. The van der Waals surface area contributed by atoms with Crippen molar-refractivity contribution in [1.82, 2.24) is 10.2 Å². The highest BCUT2D eigenvalue weighted by molar-refractivity contribution is 9.10. The van der Waals surface area contributed by atoms with Crippen LogP contribution in [0.3, 0.4) is 0 Å². The lowest BCUT2D eigenvalue weighted by atomic mass is 10.1. The number of primary amides is 1. The Balaban J connectivity index is 2.38. The van der Waals surface area contributed by atoms with Crippen LogP contribution in [0.5, 0.6) is 11.6 Å². The number of nitriles is 1. The van der Waals surface area contributed by atoms with Crippen LogP contribution in [0.1, 0.15) is 33.4 Å². The lowest BCUT2D eigenvalue weighted by Gasteiger charge is -2.12. The lowest BCUT2D eigenvalue weighted by Crippen LogP contribution is -2.24. The van der Waals surface area contributed by atoms with Crippen molar-refractivity contribution in [3.05, 3.63) is 43.6 Å². The fourth-order valence-electron chi connectivity index (χ4n) is 1.87. The Hall–Kier alpha value is -3.43. The van der Waals surface area contributed by atoms with Crippen LogP contribution in [0.4, 0.5) is 10.5 Å². The number of rotatable bonds is 6. The second kappa shape index (κ2) is 9.86. The van der Waals surface area contributed by atoms with Gasteiger partial charge in [0.05, 0.1) is 15.2 Å². The van der Waals surface area contributed by atoms with Crippen LogP contribution in [0.25, 0.3) is 0 Å². The predicted octanol–water partition coefficient (Wildman–Crippen LogP) is 3.01. The number of aromatic amines is 1. The maximum Gasteiger partial charge on any atom is 0.412 e. The Kier molecular flexibility index (Phi) is 5.07. The number of nitrogens with two attached hydrogens (primary N) is 1. The minimum absolute atomic E-state index is 0.0790. The number of anilines is 1. The number of hydrazone groups is 1. The Morgan fingerprint density at radius 1 is 1.47 bits per heavy atom. The van der Waals surface area contributed by atoms with E-state index in [4.69, 9.17) is 35.6 Å². The fourth-order valence-corrected chi connectivity index (χ4v) is 2.78. The molecule has 0 radical (unpaired) electrons. The Labute approximate surface area is 191 Å². The van der Waals surface area contributed by atoms with Crippen molar-refractivity contribution in [3.63, 3.8) is 0 Å². The zero-order chi connectivity index (χ0) is 27.4. The number of nitrogens with one attached hydrogen (secondary N) is 2. The van der Waals surface area contributed by atoms with Gasteiger partial charge in [-0.2, -0.15) is 10.4 Å². The van der Waals surface area contributed by atoms with Gasteiger partial charge in [-0.1, -0.05) is 25.3 Å². The average molecular weight is 504 g/mol. The third-order valence-electron chi connectivity index (χ3n) is 3.11. The average Bonchev–Trinajstić information content (AvgIpc) is 2.70. The molecule has 0 saturated carbocycles. The van der Waals surface area contributed by atoms with Crippen molar-refractivity contribution in [2.24, 2.45) is 10.8 Å². The van der Waals surface area contributed by atoms with Crippen LogP contribution < -0.4 is 21.5 Å². The van der Waals surface area contributed by atoms with Crippen LogP contribution in [0.2, 0.25) is 5.02 Å². The molecule has 1 amide bonds. The standard InChI is InChI=1S/C17H14BrClN6O5/c1-7(2)9-5-13(24-25-15(9)26)29-14-10(18)3-8(4-11(14)19)22-23-12(6-20)16(27)30-17(21)28/h3-5,7,22H,1-2H3,(H2,21,28)(H,25,26)/i1D3,2D3. The number of amides is 1. The van der Waals surface area contributed by atoms with Gasteiger partial charge in [-0.3, -0.25) is 10.2 Å². The summed E-state index contributed by atoms with van der Waals surface area (Å²) in [5.74, 6) is -3.96. The van der Waals surface area contributed by atoms with Crippen molar-refractivity contribution in [3.8, 4) is 17.7 Å². The molecule has 2 aromatic rings. The summed E-state index contributed by atoms with van der Waals surface area (Å²) in [4.78, 5) is 34.4. The van der Waals surface area contributed by atoms with E-state index in [1.54, 1.807) is 0 Å². The Morgan fingerprint density at radius 2 is 2.20 bits per heavy atom. The summed E-state index contributed by atoms with van der Waals surface area (Å²) in [6.07, 6.45) is -1.43. The molecule has 0 spiro atoms. The molecular formula is C17H14BrClN6O5. The second-order valence-electron chi connectivity index (χ2n) is 5.19.